The molecule has 0 aromatic carbocycles. The summed E-state index contributed by atoms with van der Waals surface area (Å²) in [5.74, 6) is 2.27. The molecule has 0 atom stereocenters. The van der Waals surface area contributed by atoms with Crippen LogP contribution in [0.3, 0.4) is 0 Å². The molecule has 0 aliphatic heterocycles. The quantitative estimate of drug-likeness (QED) is 0.571. The first-order valence-electron chi connectivity index (χ1n) is 4.41. The second-order valence-corrected chi connectivity index (χ2v) is 3.15. The lowest BCUT2D eigenvalue weighted by atomic mass is 9.63. The number of aryl methyl sites for hydroxylation is 2. The number of aromatic nitrogens is 1. The molecular formula is C9H16BN. The molecule has 11 heavy (non-hydrogen) atoms. The zero-order valence-electron chi connectivity index (χ0n) is 7.46. The van der Waals surface area contributed by atoms with Gasteiger partial charge in [-0.25, -0.2) is 0 Å². The van der Waals surface area contributed by atoms with Crippen molar-refractivity contribution in [2.24, 2.45) is 7.05 Å². The van der Waals surface area contributed by atoms with E-state index in [0.717, 1.165) is 0 Å². The molecule has 0 amide bonds. The Hall–Kier alpha value is -0.655. The molecule has 1 rings (SSSR count). The van der Waals surface area contributed by atoms with Crippen LogP contribution < -0.4 is 4.57 Å². The highest BCUT2D eigenvalue weighted by atomic mass is 14.9. The second kappa shape index (κ2) is 4.27. The molecule has 1 aromatic heterocycles. The molecule has 0 saturated carbocycles. The molecule has 0 saturated heterocycles. The van der Waals surface area contributed by atoms with Gasteiger partial charge < -0.3 is 0 Å². The smallest absolute Gasteiger partial charge is 0.161 e. The van der Waals surface area contributed by atoms with Crippen LogP contribution in [0.2, 0.25) is 0 Å². The minimum Gasteiger partial charge on any atom is -0.252 e. The third-order valence-electron chi connectivity index (χ3n) is 2.00. The van der Waals surface area contributed by atoms with Crippen molar-refractivity contribution in [1.82, 2.24) is 0 Å². The zero-order chi connectivity index (χ0) is 8.10. The lowest BCUT2D eigenvalue weighted by molar-refractivity contribution is -0.669. The molecule has 60 valence electrons. The highest BCUT2D eigenvalue weighted by Gasteiger charge is 1.86. The summed E-state index contributed by atoms with van der Waals surface area (Å²) < 4.78 is 2.14. The number of rotatable bonds is 3. The van der Waals surface area contributed by atoms with Crippen LogP contribution in [0.15, 0.2) is 24.3 Å². The summed E-state index contributed by atoms with van der Waals surface area (Å²) in [5, 5.41) is 0. The zero-order valence-corrected chi connectivity index (χ0v) is 7.46. The van der Waals surface area contributed by atoms with Crippen molar-refractivity contribution in [2.75, 3.05) is 0 Å². The summed E-state index contributed by atoms with van der Waals surface area (Å²) in [6.45, 7) is 2.24. The summed E-state index contributed by atoms with van der Waals surface area (Å²) in [4.78, 5) is 0. The molecule has 0 bridgehead atoms. The van der Waals surface area contributed by atoms with Crippen LogP contribution in [0.25, 0.3) is 0 Å². The van der Waals surface area contributed by atoms with Gasteiger partial charge in [-0.3, -0.25) is 10.5 Å². The highest BCUT2D eigenvalue weighted by Crippen LogP contribution is 1.90. The van der Waals surface area contributed by atoms with Gasteiger partial charge >= 0.3 is 0 Å². The first-order valence-corrected chi connectivity index (χ1v) is 4.41. The van der Waals surface area contributed by atoms with Crippen LogP contribution >= 0.6 is 0 Å². The predicted molar refractivity (Wildman–Crippen MR) is 48.5 cm³/mol. The van der Waals surface area contributed by atoms with E-state index in [9.17, 15) is 0 Å². The number of nitrogens with zero attached hydrogens (tertiary/aromatic N) is 1. The first-order chi connectivity index (χ1) is 5.33. The first kappa shape index (κ1) is 8.44. The largest absolute Gasteiger partial charge is 0.252 e. The average molecular weight is 149 g/mol. The van der Waals surface area contributed by atoms with Crippen molar-refractivity contribution in [3.8, 4) is 0 Å². The van der Waals surface area contributed by atoms with Gasteiger partial charge in [0, 0.05) is 0 Å². The molecule has 0 fully saturated rings. The monoisotopic (exact) mass is 149 g/mol. The Kier molecular flexibility index (Phi) is 3.28. The molecule has 2 heteroatoms. The van der Waals surface area contributed by atoms with Crippen molar-refractivity contribution in [3.63, 3.8) is 0 Å². The maximum Gasteiger partial charge on any atom is 0.161 e. The number of hydrogen-bond acceptors (Lipinski definition) is 0. The Labute approximate surface area is 69.1 Å². The lowest BCUT2D eigenvalue weighted by Gasteiger charge is -2.05. The Morgan fingerprint density at radius 2 is 2.27 bits per heavy atom. The van der Waals surface area contributed by atoms with Gasteiger partial charge in [-0.05, 0) is 18.5 Å². The Bertz CT molecular complexity index is 223. The third-order valence-corrected chi connectivity index (χ3v) is 2.00. The molecule has 0 unspecified atom stereocenters. The Balaban J connectivity index is 2.56. The maximum atomic E-state index is 2.27. The third kappa shape index (κ3) is 2.83. The number of unbranched alkanes of at least 4 members (excludes halogenated alkanes) is 1. The Morgan fingerprint density at radius 3 is 2.91 bits per heavy atom. The second-order valence-electron chi connectivity index (χ2n) is 3.15. The Morgan fingerprint density at radius 1 is 1.45 bits per heavy atom. The summed E-state index contributed by atoms with van der Waals surface area (Å²) in [6, 6.07) is 2.14. The van der Waals surface area contributed by atoms with Gasteiger partial charge in [0.2, 0.25) is 0 Å². The van der Waals surface area contributed by atoms with E-state index in [-0.39, 0.29) is 0 Å². The fraction of sp³-hybridized carbons (Fsp3) is 0.556. The van der Waals surface area contributed by atoms with E-state index in [2.05, 4.69) is 42.9 Å². The molecule has 1 aromatic rings. The molecule has 0 radical (unpaired) electrons. The van der Waals surface area contributed by atoms with E-state index in [4.69, 9.17) is 0 Å². The summed E-state index contributed by atoms with van der Waals surface area (Å²) >= 11 is 0. The molecule has 1 heterocycles. The van der Waals surface area contributed by atoms with Crippen molar-refractivity contribution >= 4 is 6.34 Å². The van der Waals surface area contributed by atoms with Crippen LogP contribution in [-0.2, 0) is 13.4 Å². The SMILES string of the molecule is CCCC[b-]1ccc[n+](C)c1. The predicted octanol–water partition coefficient (Wildman–Crippen LogP) is 1.34. The maximum absolute atomic E-state index is 2.27. The van der Waals surface area contributed by atoms with Crippen molar-refractivity contribution in [3.05, 3.63) is 24.3 Å². The molecule has 1 nitrogen and oxygen atoms in total. The highest BCUT2D eigenvalue weighted by molar-refractivity contribution is 6.48. The van der Waals surface area contributed by atoms with E-state index in [0.29, 0.717) is 6.34 Å². The van der Waals surface area contributed by atoms with Gasteiger partial charge in [-0.2, -0.15) is 6.32 Å². The topological polar surface area (TPSA) is 3.88 Å². The van der Waals surface area contributed by atoms with Crippen molar-refractivity contribution in [1.29, 1.82) is 0 Å². The molecule has 0 spiro atoms. The summed E-state index contributed by atoms with van der Waals surface area (Å²) in [5.41, 5.74) is 0. The van der Waals surface area contributed by atoms with Gasteiger partial charge in [0.25, 0.3) is 0 Å². The molecule has 0 N–H and O–H groups in total. The average Bonchev–Trinajstić information content (AvgIpc) is 2.01. The van der Waals surface area contributed by atoms with Gasteiger partial charge in [-0.15, -0.1) is 0 Å². The minimum atomic E-state index is 0.671. The molecular weight excluding hydrogens is 133 g/mol. The van der Waals surface area contributed by atoms with Crippen LogP contribution in [0.4, 0.5) is 0 Å². The van der Waals surface area contributed by atoms with E-state index in [1.54, 1.807) is 0 Å². The van der Waals surface area contributed by atoms with E-state index >= 15 is 0 Å². The number of hydrogen-bond donors (Lipinski definition) is 0. The van der Waals surface area contributed by atoms with Gasteiger partial charge in [0.15, 0.2) is 6.20 Å². The standard InChI is InChI=1S/C9H16BN/c1-3-4-6-10-7-5-8-11(2)9-10/h5,7-9H,3-4,6H2,1-2H3. The van der Waals surface area contributed by atoms with E-state index in [1.165, 1.54) is 19.2 Å². The summed E-state index contributed by atoms with van der Waals surface area (Å²) in [6.07, 6.45) is 8.96. The van der Waals surface area contributed by atoms with Crippen LogP contribution in [0.5, 0.6) is 0 Å². The van der Waals surface area contributed by atoms with E-state index < -0.39 is 0 Å². The fourth-order valence-corrected chi connectivity index (χ4v) is 1.34. The van der Waals surface area contributed by atoms with Crippen LogP contribution in [0.1, 0.15) is 19.8 Å². The fourth-order valence-electron chi connectivity index (χ4n) is 1.34. The molecule has 0 aliphatic carbocycles. The lowest BCUT2D eigenvalue weighted by Crippen LogP contribution is -2.29. The minimum absolute atomic E-state index is 0.671. The van der Waals surface area contributed by atoms with Crippen molar-refractivity contribution < 1.29 is 4.57 Å². The van der Waals surface area contributed by atoms with Gasteiger partial charge in [-0.1, -0.05) is 19.8 Å². The van der Waals surface area contributed by atoms with Crippen molar-refractivity contribution in [2.45, 2.75) is 26.1 Å². The van der Waals surface area contributed by atoms with E-state index in [1.807, 2.05) is 0 Å². The molecule has 0 aliphatic rings. The van der Waals surface area contributed by atoms with Crippen LogP contribution in [0, 0.1) is 0 Å². The van der Waals surface area contributed by atoms with Gasteiger partial charge in [0.05, 0.1) is 0 Å². The normalized spacial score (nSPS) is 10.0. The van der Waals surface area contributed by atoms with Crippen LogP contribution in [-0.4, -0.2) is 6.34 Å². The summed E-state index contributed by atoms with van der Waals surface area (Å²) in [7, 11) is 2.09. The van der Waals surface area contributed by atoms with Gasteiger partial charge in [0.1, 0.15) is 7.05 Å².